The van der Waals surface area contributed by atoms with Gasteiger partial charge in [0.2, 0.25) is 0 Å². The number of methoxy groups -OCH3 is 1. The molecule has 0 radical (unpaired) electrons. The van der Waals surface area contributed by atoms with E-state index in [-0.39, 0.29) is 24.0 Å². The molecule has 0 aliphatic heterocycles. The molecule has 0 aromatic heterocycles. The molecule has 0 atom stereocenters. The maximum atomic E-state index is 5.03. The molecule has 0 aliphatic carbocycles. The van der Waals surface area contributed by atoms with Gasteiger partial charge in [0.05, 0.1) is 0 Å². The number of hydrogen-bond acceptors (Lipinski definition) is 3. The zero-order valence-corrected chi connectivity index (χ0v) is 16.1. The lowest BCUT2D eigenvalue weighted by molar-refractivity contribution is 0.197. The van der Waals surface area contributed by atoms with Crippen LogP contribution in [0.25, 0.3) is 0 Å². The number of nitrogens with one attached hydrogen (secondary N) is 1. The molecule has 1 N–H and O–H groups in total. The molecule has 5 heteroatoms. The minimum atomic E-state index is 0. The molecule has 114 valence electrons. The summed E-state index contributed by atoms with van der Waals surface area (Å²) in [6.07, 6.45) is 2.99. The van der Waals surface area contributed by atoms with Crippen LogP contribution < -0.4 is 5.32 Å². The third-order valence-electron chi connectivity index (χ3n) is 3.04. The summed E-state index contributed by atoms with van der Waals surface area (Å²) in [7, 11) is 1.72. The van der Waals surface area contributed by atoms with Crippen molar-refractivity contribution in [2.75, 3.05) is 31.8 Å². The van der Waals surface area contributed by atoms with E-state index in [2.05, 4.69) is 43.2 Å². The second-order valence-corrected chi connectivity index (χ2v) is 5.41. The van der Waals surface area contributed by atoms with Crippen molar-refractivity contribution in [3.8, 4) is 0 Å². The average Bonchev–Trinajstić information content (AvgIpc) is 2.39. The van der Waals surface area contributed by atoms with Gasteiger partial charge in [-0.05, 0) is 56.2 Å². The second kappa shape index (κ2) is 10.5. The van der Waals surface area contributed by atoms with Gasteiger partial charge in [-0.25, -0.2) is 0 Å². The van der Waals surface area contributed by atoms with Gasteiger partial charge in [0.15, 0.2) is 5.17 Å². The quantitative estimate of drug-likeness (QED) is 0.340. The van der Waals surface area contributed by atoms with Crippen LogP contribution in [0.5, 0.6) is 0 Å². The molecule has 0 fully saturated rings. The van der Waals surface area contributed by atoms with E-state index in [0.717, 1.165) is 30.4 Å². The topological polar surface area (TPSA) is 33.6 Å². The first-order valence-electron chi connectivity index (χ1n) is 6.50. The van der Waals surface area contributed by atoms with Gasteiger partial charge in [0, 0.05) is 25.9 Å². The van der Waals surface area contributed by atoms with Gasteiger partial charge in [-0.1, -0.05) is 17.8 Å². The maximum Gasteiger partial charge on any atom is 0.160 e. The van der Waals surface area contributed by atoms with Gasteiger partial charge in [0.25, 0.3) is 0 Å². The Morgan fingerprint density at radius 2 is 1.85 bits per heavy atom. The monoisotopic (exact) mass is 408 g/mol. The van der Waals surface area contributed by atoms with Crippen LogP contribution in [-0.2, 0) is 4.74 Å². The molecule has 0 unspecified atom stereocenters. The van der Waals surface area contributed by atoms with Gasteiger partial charge in [-0.3, -0.25) is 4.99 Å². The number of aryl methyl sites for hydroxylation is 3. The van der Waals surface area contributed by atoms with Crippen molar-refractivity contribution in [2.45, 2.75) is 27.2 Å². The van der Waals surface area contributed by atoms with Crippen molar-refractivity contribution in [3.63, 3.8) is 0 Å². The van der Waals surface area contributed by atoms with Crippen LogP contribution in [0.2, 0.25) is 0 Å². The molecule has 1 aromatic rings. The zero-order valence-electron chi connectivity index (χ0n) is 12.9. The lowest BCUT2D eigenvalue weighted by Gasteiger charge is -2.13. The van der Waals surface area contributed by atoms with E-state index in [9.17, 15) is 0 Å². The van der Waals surface area contributed by atoms with Crippen LogP contribution in [0.4, 0.5) is 5.69 Å². The second-order valence-electron chi connectivity index (χ2n) is 4.61. The SMILES string of the molecule is COCCCN=C(Nc1cc(C)c(C)cc1C)SC.I. The minimum Gasteiger partial charge on any atom is -0.385 e. The molecular weight excluding hydrogens is 383 g/mol. The molecule has 0 aliphatic rings. The Labute approximate surface area is 144 Å². The van der Waals surface area contributed by atoms with Gasteiger partial charge in [0.1, 0.15) is 0 Å². The highest BCUT2D eigenvalue weighted by Gasteiger charge is 2.04. The van der Waals surface area contributed by atoms with Crippen molar-refractivity contribution in [1.82, 2.24) is 0 Å². The number of aliphatic imine (C=N–C) groups is 1. The summed E-state index contributed by atoms with van der Waals surface area (Å²) in [5, 5.41) is 4.37. The lowest BCUT2D eigenvalue weighted by Crippen LogP contribution is -2.10. The van der Waals surface area contributed by atoms with Crippen molar-refractivity contribution in [2.24, 2.45) is 4.99 Å². The molecule has 0 bridgehead atoms. The Balaban J connectivity index is 0.00000361. The summed E-state index contributed by atoms with van der Waals surface area (Å²) >= 11 is 1.64. The number of nitrogens with zero attached hydrogens (tertiary/aromatic N) is 1. The predicted molar refractivity (Wildman–Crippen MR) is 102 cm³/mol. The number of halogens is 1. The van der Waals surface area contributed by atoms with Crippen LogP contribution in [-0.4, -0.2) is 31.7 Å². The Bertz CT molecular complexity index is 450. The van der Waals surface area contributed by atoms with E-state index in [1.54, 1.807) is 18.9 Å². The Morgan fingerprint density at radius 1 is 1.20 bits per heavy atom. The van der Waals surface area contributed by atoms with E-state index in [1.165, 1.54) is 16.7 Å². The summed E-state index contributed by atoms with van der Waals surface area (Å²) in [5.74, 6) is 0. The van der Waals surface area contributed by atoms with E-state index in [0.29, 0.717) is 0 Å². The normalized spacial score (nSPS) is 11.2. The van der Waals surface area contributed by atoms with Crippen LogP contribution in [0.1, 0.15) is 23.1 Å². The number of rotatable bonds is 5. The summed E-state index contributed by atoms with van der Waals surface area (Å²) in [5.41, 5.74) is 5.02. The molecular formula is C15H25IN2OS. The number of amidine groups is 1. The van der Waals surface area contributed by atoms with Gasteiger partial charge >= 0.3 is 0 Å². The molecule has 0 saturated carbocycles. The third kappa shape index (κ3) is 6.45. The first kappa shape index (κ1) is 19.7. The fourth-order valence-electron chi connectivity index (χ4n) is 1.75. The van der Waals surface area contributed by atoms with E-state index >= 15 is 0 Å². The first-order valence-corrected chi connectivity index (χ1v) is 7.73. The largest absolute Gasteiger partial charge is 0.385 e. The van der Waals surface area contributed by atoms with Crippen LogP contribution >= 0.6 is 35.7 Å². The Morgan fingerprint density at radius 3 is 2.45 bits per heavy atom. The van der Waals surface area contributed by atoms with Gasteiger partial charge in [-0.2, -0.15) is 0 Å². The summed E-state index contributed by atoms with van der Waals surface area (Å²) in [4.78, 5) is 4.56. The standard InChI is InChI=1S/C15H24N2OS.HI/c1-11-9-13(3)14(10-12(11)2)17-15(19-5)16-7-6-8-18-4;/h9-10H,6-8H2,1-5H3,(H,16,17);1H. The molecule has 20 heavy (non-hydrogen) atoms. The third-order valence-corrected chi connectivity index (χ3v) is 3.66. The Hall–Kier alpha value is -0.270. The molecule has 1 rings (SSSR count). The van der Waals surface area contributed by atoms with Crippen LogP contribution in [0, 0.1) is 20.8 Å². The van der Waals surface area contributed by atoms with E-state index < -0.39 is 0 Å². The average molecular weight is 408 g/mol. The predicted octanol–water partition coefficient (Wildman–Crippen LogP) is 4.40. The van der Waals surface area contributed by atoms with Crippen molar-refractivity contribution in [3.05, 3.63) is 28.8 Å². The number of thioether (sulfide) groups is 1. The Kier molecular flexibility index (Phi) is 10.3. The molecule has 0 saturated heterocycles. The van der Waals surface area contributed by atoms with E-state index in [4.69, 9.17) is 4.74 Å². The van der Waals surface area contributed by atoms with Gasteiger partial charge < -0.3 is 10.1 Å². The van der Waals surface area contributed by atoms with E-state index in [1.807, 2.05) is 6.26 Å². The van der Waals surface area contributed by atoms with Crippen molar-refractivity contribution >= 4 is 46.6 Å². The van der Waals surface area contributed by atoms with Crippen LogP contribution in [0.15, 0.2) is 17.1 Å². The number of anilines is 1. The molecule has 0 spiro atoms. The summed E-state index contributed by atoms with van der Waals surface area (Å²) < 4.78 is 5.03. The number of hydrogen-bond donors (Lipinski definition) is 1. The van der Waals surface area contributed by atoms with Crippen molar-refractivity contribution < 1.29 is 4.74 Å². The molecule has 0 heterocycles. The fraction of sp³-hybridized carbons (Fsp3) is 0.533. The zero-order chi connectivity index (χ0) is 14.3. The summed E-state index contributed by atoms with van der Waals surface area (Å²) in [6.45, 7) is 7.95. The maximum absolute atomic E-state index is 5.03. The van der Waals surface area contributed by atoms with Crippen LogP contribution in [0.3, 0.4) is 0 Å². The number of ether oxygens (including phenoxy) is 1. The highest BCUT2D eigenvalue weighted by molar-refractivity contribution is 14.0. The minimum absolute atomic E-state index is 0. The molecule has 3 nitrogen and oxygen atoms in total. The molecule has 0 amide bonds. The first-order chi connectivity index (χ1) is 9.08. The van der Waals surface area contributed by atoms with Gasteiger partial charge in [-0.15, -0.1) is 24.0 Å². The number of benzene rings is 1. The van der Waals surface area contributed by atoms with Crippen molar-refractivity contribution in [1.29, 1.82) is 0 Å². The smallest absolute Gasteiger partial charge is 0.160 e. The summed E-state index contributed by atoms with van der Waals surface area (Å²) in [6, 6.07) is 4.39. The fourth-order valence-corrected chi connectivity index (χ4v) is 2.19. The molecule has 1 aromatic carbocycles. The highest BCUT2D eigenvalue weighted by atomic mass is 127. The highest BCUT2D eigenvalue weighted by Crippen LogP contribution is 2.21. The lowest BCUT2D eigenvalue weighted by atomic mass is 10.1.